The number of rotatable bonds is 2. The Morgan fingerprint density at radius 1 is 1.21 bits per heavy atom. The predicted octanol–water partition coefficient (Wildman–Crippen LogP) is 3.29. The average molecular weight is 406 g/mol. The number of aliphatic hydroxyl groups excluding tert-OH is 1. The number of fused-ring (bicyclic) bond motifs is 1. The molecule has 152 valence electrons. The molecule has 2 unspecified atom stereocenters. The Morgan fingerprint density at radius 2 is 1.86 bits per heavy atom. The Labute approximate surface area is 155 Å². The number of aliphatic hydroxyl groups is 1. The first-order chi connectivity index (χ1) is 12.7. The number of nitrogens with two attached hydrogens (primary N) is 1. The van der Waals surface area contributed by atoms with Gasteiger partial charge in [-0.15, -0.1) is 0 Å². The third kappa shape index (κ3) is 3.19. The van der Waals surface area contributed by atoms with Crippen molar-refractivity contribution in [2.24, 2.45) is 10.7 Å². The Balaban J connectivity index is 2.08. The predicted molar refractivity (Wildman–Crippen MR) is 89.3 cm³/mol. The lowest BCUT2D eigenvalue weighted by Gasteiger charge is -2.39. The summed E-state index contributed by atoms with van der Waals surface area (Å²) in [6, 6.07) is 3.56. The number of amidine groups is 1. The summed E-state index contributed by atoms with van der Waals surface area (Å²) in [6.45, 7) is 3.08. The molecule has 0 spiro atoms. The van der Waals surface area contributed by atoms with Gasteiger partial charge in [0, 0.05) is 18.0 Å². The Hall–Kier alpha value is -2.69. The molecule has 0 amide bonds. The molecule has 0 bridgehead atoms. The molecular formula is C17H16F6N4O. The highest BCUT2D eigenvalue weighted by atomic mass is 19.4. The van der Waals surface area contributed by atoms with Crippen LogP contribution in [0.2, 0.25) is 0 Å². The molecule has 5 nitrogen and oxygen atoms in total. The van der Waals surface area contributed by atoms with Crippen molar-refractivity contribution in [2.45, 2.75) is 38.0 Å². The lowest BCUT2D eigenvalue weighted by Crippen LogP contribution is -2.59. The number of aryl methyl sites for hydroxylation is 1. The van der Waals surface area contributed by atoms with Gasteiger partial charge < -0.3 is 21.1 Å². The van der Waals surface area contributed by atoms with Crippen LogP contribution in [0.3, 0.4) is 0 Å². The summed E-state index contributed by atoms with van der Waals surface area (Å²) in [5.74, 6) is -0.349. The Kier molecular flexibility index (Phi) is 4.41. The lowest BCUT2D eigenvalue weighted by atomic mass is 9.98. The van der Waals surface area contributed by atoms with E-state index in [1.807, 2.05) is 0 Å². The van der Waals surface area contributed by atoms with Gasteiger partial charge in [0.25, 0.3) is 0 Å². The molecule has 2 atom stereocenters. The number of nitrogens with zero attached hydrogens (tertiary/aromatic N) is 2. The number of hydrogen-bond donors (Lipinski definition) is 3. The van der Waals surface area contributed by atoms with Crippen LogP contribution in [-0.4, -0.2) is 33.9 Å². The van der Waals surface area contributed by atoms with Crippen LogP contribution in [0.25, 0.3) is 5.70 Å². The summed E-state index contributed by atoms with van der Waals surface area (Å²) in [5, 5.41) is 12.3. The van der Waals surface area contributed by atoms with E-state index in [9.17, 15) is 31.4 Å². The molecule has 4 N–H and O–H groups in total. The fourth-order valence-corrected chi connectivity index (χ4v) is 2.99. The van der Waals surface area contributed by atoms with E-state index >= 15 is 0 Å². The summed E-state index contributed by atoms with van der Waals surface area (Å²) in [7, 11) is 0. The maximum Gasteiger partial charge on any atom is 0.434 e. The highest BCUT2D eigenvalue weighted by molar-refractivity contribution is 5.95. The third-order valence-electron chi connectivity index (χ3n) is 4.68. The van der Waals surface area contributed by atoms with Crippen molar-refractivity contribution < 1.29 is 31.4 Å². The summed E-state index contributed by atoms with van der Waals surface area (Å²) in [6.07, 6.45) is -10.3. The number of halogens is 6. The van der Waals surface area contributed by atoms with E-state index in [1.165, 1.54) is 24.1 Å². The quantitative estimate of drug-likeness (QED) is 0.659. The van der Waals surface area contributed by atoms with Crippen molar-refractivity contribution in [2.75, 3.05) is 0 Å². The zero-order valence-electron chi connectivity index (χ0n) is 14.7. The largest absolute Gasteiger partial charge is 0.434 e. The second kappa shape index (κ2) is 6.16. The summed E-state index contributed by atoms with van der Waals surface area (Å²) >= 11 is 0. The SMILES string of the molecule is Cc1ccc(C(O)C(F)(F)F)cc1C1=CNC2(C)C(N)=NC(C(F)(F)F)=CN12. The fraction of sp³-hybridized carbons (Fsp3) is 0.353. The fourth-order valence-electron chi connectivity index (χ4n) is 2.99. The van der Waals surface area contributed by atoms with Crippen LogP contribution in [0.1, 0.15) is 29.7 Å². The lowest BCUT2D eigenvalue weighted by molar-refractivity contribution is -0.206. The molecule has 28 heavy (non-hydrogen) atoms. The van der Waals surface area contributed by atoms with Crippen molar-refractivity contribution in [1.29, 1.82) is 0 Å². The monoisotopic (exact) mass is 406 g/mol. The molecule has 0 saturated carbocycles. The van der Waals surface area contributed by atoms with Crippen LogP contribution in [-0.2, 0) is 0 Å². The van der Waals surface area contributed by atoms with Gasteiger partial charge in [-0.3, -0.25) is 0 Å². The molecule has 11 heteroatoms. The molecule has 0 saturated heterocycles. The summed E-state index contributed by atoms with van der Waals surface area (Å²) < 4.78 is 78.0. The molecule has 2 heterocycles. The third-order valence-corrected chi connectivity index (χ3v) is 4.68. The Morgan fingerprint density at radius 3 is 2.43 bits per heavy atom. The molecule has 1 aromatic carbocycles. The average Bonchev–Trinajstić information content (AvgIpc) is 2.91. The molecule has 0 radical (unpaired) electrons. The second-order valence-electron chi connectivity index (χ2n) is 6.64. The first-order valence-corrected chi connectivity index (χ1v) is 8.01. The van der Waals surface area contributed by atoms with Gasteiger partial charge >= 0.3 is 12.4 Å². The summed E-state index contributed by atoms with van der Waals surface area (Å²) in [5.41, 5.74) is 3.64. The number of allylic oxidation sites excluding steroid dienone is 1. The Bertz CT molecular complexity index is 902. The highest BCUT2D eigenvalue weighted by Gasteiger charge is 2.47. The van der Waals surface area contributed by atoms with Crippen LogP contribution in [0.4, 0.5) is 26.3 Å². The number of hydrogen-bond acceptors (Lipinski definition) is 5. The number of benzene rings is 1. The molecule has 1 aromatic rings. The minimum Gasteiger partial charge on any atom is -0.384 e. The normalized spacial score (nSPS) is 23.5. The molecule has 3 rings (SSSR count). The van der Waals surface area contributed by atoms with Crippen molar-refractivity contribution in [3.05, 3.63) is 53.0 Å². The number of nitrogens with one attached hydrogen (secondary N) is 1. The molecule has 2 aliphatic rings. The first-order valence-electron chi connectivity index (χ1n) is 8.01. The minimum atomic E-state index is -4.88. The van der Waals surface area contributed by atoms with Crippen LogP contribution in [0, 0.1) is 6.92 Å². The van der Waals surface area contributed by atoms with Gasteiger partial charge in [0.05, 0.1) is 5.70 Å². The van der Waals surface area contributed by atoms with Gasteiger partial charge in [-0.1, -0.05) is 12.1 Å². The molecule has 0 aromatic heterocycles. The standard InChI is InChI=1S/C17H16F6N4O/c1-8-3-4-9(13(28)17(21,22)23)5-10(8)11-6-25-15(2)14(24)26-12(7-27(11)15)16(18,19)20/h3-7,13,25,28H,1-2H3,(H2,24,26). The van der Waals surface area contributed by atoms with Gasteiger partial charge in [-0.05, 0) is 31.0 Å². The van der Waals surface area contributed by atoms with Crippen LogP contribution in [0.15, 0.2) is 41.3 Å². The molecular weight excluding hydrogens is 390 g/mol. The summed E-state index contributed by atoms with van der Waals surface area (Å²) in [4.78, 5) is 4.57. The van der Waals surface area contributed by atoms with Crippen molar-refractivity contribution in [1.82, 2.24) is 10.2 Å². The van der Waals surface area contributed by atoms with E-state index in [0.29, 0.717) is 5.56 Å². The maximum atomic E-state index is 13.2. The van der Waals surface area contributed by atoms with E-state index in [4.69, 9.17) is 5.73 Å². The number of aliphatic imine (C=N–C) groups is 1. The minimum absolute atomic E-state index is 0.163. The van der Waals surface area contributed by atoms with Crippen molar-refractivity contribution in [3.63, 3.8) is 0 Å². The van der Waals surface area contributed by atoms with Crippen molar-refractivity contribution in [3.8, 4) is 0 Å². The topological polar surface area (TPSA) is 73.9 Å². The zero-order chi connectivity index (χ0) is 21.1. The van der Waals surface area contributed by atoms with Gasteiger partial charge in [0.1, 0.15) is 5.84 Å². The van der Waals surface area contributed by atoms with Gasteiger partial charge in [-0.25, -0.2) is 4.99 Å². The van der Waals surface area contributed by atoms with E-state index in [2.05, 4.69) is 10.3 Å². The van der Waals surface area contributed by atoms with E-state index in [1.54, 1.807) is 6.92 Å². The van der Waals surface area contributed by atoms with Gasteiger partial charge in [-0.2, -0.15) is 26.3 Å². The van der Waals surface area contributed by atoms with Gasteiger partial charge in [0.15, 0.2) is 17.5 Å². The molecule has 0 fully saturated rings. The van der Waals surface area contributed by atoms with E-state index in [-0.39, 0.29) is 17.1 Å². The van der Waals surface area contributed by atoms with Crippen molar-refractivity contribution >= 4 is 11.5 Å². The van der Waals surface area contributed by atoms with Crippen LogP contribution < -0.4 is 11.1 Å². The molecule has 2 aliphatic heterocycles. The van der Waals surface area contributed by atoms with Gasteiger partial charge in [0.2, 0.25) is 0 Å². The smallest absolute Gasteiger partial charge is 0.384 e. The highest BCUT2D eigenvalue weighted by Crippen LogP contribution is 2.41. The zero-order valence-corrected chi connectivity index (χ0v) is 14.7. The van der Waals surface area contributed by atoms with Crippen LogP contribution >= 0.6 is 0 Å². The van der Waals surface area contributed by atoms with E-state index in [0.717, 1.165) is 18.3 Å². The maximum absolute atomic E-state index is 13.2. The molecule has 0 aliphatic carbocycles. The number of alkyl halides is 6. The first kappa shape index (κ1) is 20.1. The second-order valence-corrected chi connectivity index (χ2v) is 6.64. The van der Waals surface area contributed by atoms with Crippen LogP contribution in [0.5, 0.6) is 0 Å². The van der Waals surface area contributed by atoms with E-state index < -0.39 is 35.4 Å².